The Morgan fingerprint density at radius 2 is 1.72 bits per heavy atom. The Hall–Kier alpha value is -1.11. The van der Waals surface area contributed by atoms with Crippen molar-refractivity contribution in [1.82, 2.24) is 0 Å². The molecular formula is C28H41F. The highest BCUT2D eigenvalue weighted by atomic mass is 19.1. The molecule has 29 heavy (non-hydrogen) atoms. The monoisotopic (exact) mass is 396 g/mol. The predicted molar refractivity (Wildman–Crippen MR) is 122 cm³/mol. The predicted octanol–water partition coefficient (Wildman–Crippen LogP) is 8.37. The fraction of sp³-hybridized carbons (Fsp3) is 0.714. The van der Waals surface area contributed by atoms with E-state index in [1.165, 1.54) is 11.1 Å². The van der Waals surface area contributed by atoms with Crippen LogP contribution in [0.15, 0.2) is 48.1 Å². The van der Waals surface area contributed by atoms with Gasteiger partial charge >= 0.3 is 0 Å². The van der Waals surface area contributed by atoms with Crippen molar-refractivity contribution < 1.29 is 4.39 Å². The second kappa shape index (κ2) is 5.77. The van der Waals surface area contributed by atoms with E-state index in [1.807, 2.05) is 6.08 Å². The van der Waals surface area contributed by atoms with Gasteiger partial charge in [-0.15, -0.1) is 0 Å². The number of halogens is 1. The standard InChI is InChI=1S/C28H41F/c1-10-20(3)27(9)21(4)18-26(8)24(27,6)15-16-28(29)23(5)13-11-19(2)17-22(23)12-14-25(26,28)7/h11,13,17,21H,2-3,10,12,14-16,18H2,1,4-9H3/t21-,23?,24?,25?,26-,27?,28+/m1/s1. The SMILES string of the molecule is C=C1C=CC2(C)C(=C1)CCC1(C)[C@]3(C)C[C@@H](C)C(C)(C(=C)CC)C3(C)CC[C@]21F. The van der Waals surface area contributed by atoms with Gasteiger partial charge in [-0.05, 0) is 73.2 Å². The molecule has 4 aliphatic carbocycles. The Morgan fingerprint density at radius 3 is 2.34 bits per heavy atom. The maximum Gasteiger partial charge on any atom is 0.129 e. The van der Waals surface area contributed by atoms with Crippen LogP contribution in [-0.2, 0) is 0 Å². The average molecular weight is 397 g/mol. The topological polar surface area (TPSA) is 0 Å². The first-order valence-electron chi connectivity index (χ1n) is 11.7. The van der Waals surface area contributed by atoms with Gasteiger partial charge in [-0.1, -0.05) is 84.1 Å². The average Bonchev–Trinajstić information content (AvgIpc) is 2.84. The first-order valence-corrected chi connectivity index (χ1v) is 11.7. The Balaban J connectivity index is 1.92. The number of hydrogen-bond donors (Lipinski definition) is 0. The van der Waals surface area contributed by atoms with E-state index in [1.54, 1.807) is 0 Å². The van der Waals surface area contributed by atoms with Gasteiger partial charge in [0.05, 0.1) is 0 Å². The van der Waals surface area contributed by atoms with Crippen molar-refractivity contribution in [1.29, 1.82) is 0 Å². The van der Waals surface area contributed by atoms with Crippen LogP contribution < -0.4 is 0 Å². The van der Waals surface area contributed by atoms with Crippen LogP contribution in [0.3, 0.4) is 0 Å². The molecule has 7 atom stereocenters. The van der Waals surface area contributed by atoms with E-state index in [4.69, 9.17) is 0 Å². The highest BCUT2D eigenvalue weighted by Gasteiger charge is 2.79. The molecule has 0 N–H and O–H groups in total. The van der Waals surface area contributed by atoms with Crippen molar-refractivity contribution in [2.45, 2.75) is 92.7 Å². The van der Waals surface area contributed by atoms with Crippen LogP contribution in [0.1, 0.15) is 87.0 Å². The molecule has 160 valence electrons. The molecule has 3 saturated carbocycles. The maximum absolute atomic E-state index is 17.6. The summed E-state index contributed by atoms with van der Waals surface area (Å²) in [5, 5.41) is 0. The van der Waals surface area contributed by atoms with Crippen LogP contribution in [0, 0.1) is 33.0 Å². The first-order chi connectivity index (χ1) is 13.3. The minimum Gasteiger partial charge on any atom is -0.242 e. The largest absolute Gasteiger partial charge is 0.242 e. The van der Waals surface area contributed by atoms with Gasteiger partial charge in [0.2, 0.25) is 0 Å². The van der Waals surface area contributed by atoms with Gasteiger partial charge in [-0.2, -0.15) is 0 Å². The van der Waals surface area contributed by atoms with Gasteiger partial charge in [-0.3, -0.25) is 0 Å². The van der Waals surface area contributed by atoms with Crippen LogP contribution in [0.2, 0.25) is 0 Å². The smallest absolute Gasteiger partial charge is 0.129 e. The zero-order chi connectivity index (χ0) is 21.7. The maximum atomic E-state index is 17.6. The van der Waals surface area contributed by atoms with Crippen LogP contribution in [0.4, 0.5) is 4.39 Å². The Bertz CT molecular complexity index is 846. The molecule has 0 bridgehead atoms. The van der Waals surface area contributed by atoms with Gasteiger partial charge in [0.15, 0.2) is 0 Å². The van der Waals surface area contributed by atoms with Crippen molar-refractivity contribution >= 4 is 0 Å². The van der Waals surface area contributed by atoms with E-state index in [0.29, 0.717) is 12.3 Å². The lowest BCUT2D eigenvalue weighted by Gasteiger charge is -2.71. The highest BCUT2D eigenvalue weighted by Crippen LogP contribution is 2.83. The molecule has 0 saturated heterocycles. The van der Waals surface area contributed by atoms with Crippen molar-refractivity contribution in [3.05, 3.63) is 48.1 Å². The summed E-state index contributed by atoms with van der Waals surface area (Å²) in [6.07, 6.45) is 12.0. The molecular weight excluding hydrogens is 355 g/mol. The van der Waals surface area contributed by atoms with Gasteiger partial charge in [0, 0.05) is 10.8 Å². The molecule has 0 nitrogen and oxygen atoms in total. The van der Waals surface area contributed by atoms with Crippen molar-refractivity contribution in [2.24, 2.45) is 33.0 Å². The summed E-state index contributed by atoms with van der Waals surface area (Å²) in [7, 11) is 0. The van der Waals surface area contributed by atoms with E-state index in [0.717, 1.165) is 37.7 Å². The second-order valence-corrected chi connectivity index (χ2v) is 11.8. The third-order valence-corrected chi connectivity index (χ3v) is 11.7. The molecule has 0 aromatic carbocycles. The molecule has 4 rings (SSSR count). The molecule has 1 heteroatoms. The minimum atomic E-state index is -1.23. The zero-order valence-corrected chi connectivity index (χ0v) is 19.8. The molecule has 4 unspecified atom stereocenters. The quantitative estimate of drug-likeness (QED) is 0.411. The normalized spacial score (nSPS) is 53.7. The molecule has 0 aliphatic heterocycles. The van der Waals surface area contributed by atoms with E-state index in [9.17, 15) is 0 Å². The summed E-state index contributed by atoms with van der Waals surface area (Å²) >= 11 is 0. The van der Waals surface area contributed by atoms with Crippen molar-refractivity contribution in [2.75, 3.05) is 0 Å². The summed E-state index contributed by atoms with van der Waals surface area (Å²) in [6.45, 7) is 25.1. The molecule has 0 spiro atoms. The summed E-state index contributed by atoms with van der Waals surface area (Å²) in [6, 6.07) is 0. The molecule has 0 amide bonds. The van der Waals surface area contributed by atoms with Gasteiger partial charge in [0.1, 0.15) is 5.67 Å². The molecule has 3 fully saturated rings. The van der Waals surface area contributed by atoms with E-state index in [-0.39, 0.29) is 21.7 Å². The minimum absolute atomic E-state index is 0.0594. The Morgan fingerprint density at radius 1 is 1.07 bits per heavy atom. The third kappa shape index (κ3) is 1.97. The van der Waals surface area contributed by atoms with Gasteiger partial charge < -0.3 is 0 Å². The van der Waals surface area contributed by atoms with Gasteiger partial charge in [0.25, 0.3) is 0 Å². The number of hydrogen-bond acceptors (Lipinski definition) is 0. The summed E-state index contributed by atoms with van der Waals surface area (Å²) in [4.78, 5) is 0. The van der Waals surface area contributed by atoms with Crippen LogP contribution in [0.25, 0.3) is 0 Å². The Labute approximate surface area is 178 Å². The Kier molecular flexibility index (Phi) is 4.21. The van der Waals surface area contributed by atoms with Crippen LogP contribution in [0.5, 0.6) is 0 Å². The highest BCUT2D eigenvalue weighted by molar-refractivity contribution is 5.48. The van der Waals surface area contributed by atoms with Crippen LogP contribution in [-0.4, -0.2) is 5.67 Å². The summed E-state index contributed by atoms with van der Waals surface area (Å²) in [5.74, 6) is 0.524. The van der Waals surface area contributed by atoms with Crippen molar-refractivity contribution in [3.8, 4) is 0 Å². The first kappa shape index (κ1) is 21.1. The molecule has 0 aromatic rings. The molecule has 0 aromatic heterocycles. The number of fused-ring (bicyclic) bond motifs is 5. The molecule has 4 aliphatic rings. The van der Waals surface area contributed by atoms with Crippen LogP contribution >= 0.6 is 0 Å². The number of allylic oxidation sites excluding steroid dienone is 6. The lowest BCUT2D eigenvalue weighted by Crippen LogP contribution is -2.70. The van der Waals surface area contributed by atoms with E-state index in [2.05, 4.69) is 73.8 Å². The third-order valence-electron chi connectivity index (χ3n) is 11.7. The fourth-order valence-electron chi connectivity index (χ4n) is 8.98. The van der Waals surface area contributed by atoms with Gasteiger partial charge in [-0.25, -0.2) is 4.39 Å². The van der Waals surface area contributed by atoms with E-state index < -0.39 is 11.1 Å². The molecule has 0 heterocycles. The number of rotatable bonds is 2. The number of alkyl halides is 1. The fourth-order valence-corrected chi connectivity index (χ4v) is 8.98. The molecule has 0 radical (unpaired) electrons. The van der Waals surface area contributed by atoms with E-state index >= 15 is 4.39 Å². The second-order valence-electron chi connectivity index (χ2n) is 11.8. The lowest BCUT2D eigenvalue weighted by atomic mass is 9.34. The zero-order valence-electron chi connectivity index (χ0n) is 19.8. The van der Waals surface area contributed by atoms with Crippen molar-refractivity contribution in [3.63, 3.8) is 0 Å². The summed E-state index contributed by atoms with van der Waals surface area (Å²) < 4.78 is 17.6. The summed E-state index contributed by atoms with van der Waals surface area (Å²) in [5.41, 5.74) is 1.59. The lowest BCUT2D eigenvalue weighted by molar-refractivity contribution is -0.235.